The van der Waals surface area contributed by atoms with E-state index in [4.69, 9.17) is 10.8 Å². The Bertz CT molecular complexity index is 295. The maximum Gasteiger partial charge on any atom is 0.317 e. The minimum Gasteiger partial charge on any atom is -0.389 e. The molecule has 1 atom stereocenters. The largest absolute Gasteiger partial charge is 0.389 e. The van der Waals surface area contributed by atoms with Crippen LogP contribution in [-0.2, 0) is 0 Å². The number of hydrogen-bond donors (Lipinski definition) is 3. The zero-order valence-corrected chi connectivity index (χ0v) is 7.19. The maximum absolute atomic E-state index is 10.4. The predicted molar refractivity (Wildman–Crippen MR) is 48.1 cm³/mol. The number of primary amides is 1. The van der Waals surface area contributed by atoms with E-state index in [0.29, 0.717) is 11.4 Å². The number of aromatic nitrogens is 1. The number of hydrogen-bond acceptors (Lipinski definition) is 3. The van der Waals surface area contributed by atoms with Crippen molar-refractivity contribution in [3.63, 3.8) is 0 Å². The van der Waals surface area contributed by atoms with Gasteiger partial charge in [0.2, 0.25) is 0 Å². The van der Waals surface area contributed by atoms with Crippen LogP contribution in [0.2, 0.25) is 0 Å². The highest BCUT2D eigenvalue weighted by Gasteiger charge is 2.01. The van der Waals surface area contributed by atoms with Crippen molar-refractivity contribution in [3.8, 4) is 0 Å². The molecule has 5 nitrogen and oxygen atoms in total. The molecule has 0 spiro atoms. The Morgan fingerprint density at radius 1 is 1.69 bits per heavy atom. The molecule has 70 valence electrons. The lowest BCUT2D eigenvalue weighted by Crippen LogP contribution is -2.19. The van der Waals surface area contributed by atoms with Crippen LogP contribution in [0.4, 0.5) is 10.6 Å². The zero-order valence-electron chi connectivity index (χ0n) is 7.19. The van der Waals surface area contributed by atoms with Crippen molar-refractivity contribution in [2.75, 3.05) is 5.32 Å². The number of urea groups is 1. The Hall–Kier alpha value is -1.62. The Morgan fingerprint density at radius 2 is 2.38 bits per heavy atom. The first-order chi connectivity index (χ1) is 6.09. The van der Waals surface area contributed by atoms with Gasteiger partial charge in [0.05, 0.1) is 6.10 Å². The summed E-state index contributed by atoms with van der Waals surface area (Å²) in [7, 11) is 0. The molecule has 0 bridgehead atoms. The SMILES string of the molecule is CC(O)c1ccc(NC(N)=O)nc1. The smallest absolute Gasteiger partial charge is 0.317 e. The van der Waals surface area contributed by atoms with Gasteiger partial charge in [-0.15, -0.1) is 0 Å². The van der Waals surface area contributed by atoms with Gasteiger partial charge in [0, 0.05) is 6.20 Å². The van der Waals surface area contributed by atoms with Crippen LogP contribution in [0.25, 0.3) is 0 Å². The van der Waals surface area contributed by atoms with Crippen LogP contribution in [0.15, 0.2) is 18.3 Å². The van der Waals surface area contributed by atoms with Crippen molar-refractivity contribution in [2.45, 2.75) is 13.0 Å². The number of aliphatic hydroxyl groups excluding tert-OH is 1. The summed E-state index contributed by atoms with van der Waals surface area (Å²) in [6.45, 7) is 1.64. The molecule has 0 aliphatic rings. The molecule has 0 aliphatic carbocycles. The number of amides is 2. The van der Waals surface area contributed by atoms with Crippen LogP contribution in [0.3, 0.4) is 0 Å². The van der Waals surface area contributed by atoms with Crippen molar-refractivity contribution < 1.29 is 9.90 Å². The van der Waals surface area contributed by atoms with Gasteiger partial charge in [0.25, 0.3) is 0 Å². The number of rotatable bonds is 2. The van der Waals surface area contributed by atoms with E-state index in [2.05, 4.69) is 10.3 Å². The number of nitrogens with zero attached hydrogens (tertiary/aromatic N) is 1. The van der Waals surface area contributed by atoms with Gasteiger partial charge in [-0.05, 0) is 18.6 Å². The van der Waals surface area contributed by atoms with E-state index < -0.39 is 12.1 Å². The van der Waals surface area contributed by atoms with Crippen LogP contribution in [0, 0.1) is 0 Å². The summed E-state index contributed by atoms with van der Waals surface area (Å²) >= 11 is 0. The summed E-state index contributed by atoms with van der Waals surface area (Å²) in [4.78, 5) is 14.3. The van der Waals surface area contributed by atoms with E-state index in [0.717, 1.165) is 0 Å². The Balaban J connectivity index is 2.75. The molecule has 1 heterocycles. The van der Waals surface area contributed by atoms with Crippen molar-refractivity contribution in [1.29, 1.82) is 0 Å². The monoisotopic (exact) mass is 181 g/mol. The van der Waals surface area contributed by atoms with Crippen LogP contribution in [0.5, 0.6) is 0 Å². The molecular weight excluding hydrogens is 170 g/mol. The van der Waals surface area contributed by atoms with Gasteiger partial charge in [-0.1, -0.05) is 6.07 Å². The summed E-state index contributed by atoms with van der Waals surface area (Å²) in [6.07, 6.45) is 0.922. The fraction of sp³-hybridized carbons (Fsp3) is 0.250. The molecule has 0 aliphatic heterocycles. The third kappa shape index (κ3) is 2.72. The molecule has 0 radical (unpaired) electrons. The molecule has 0 aromatic carbocycles. The normalized spacial score (nSPS) is 12.2. The van der Waals surface area contributed by atoms with Crippen molar-refractivity contribution in [3.05, 3.63) is 23.9 Å². The number of aliphatic hydroxyl groups is 1. The maximum atomic E-state index is 10.4. The highest BCUT2D eigenvalue weighted by atomic mass is 16.3. The lowest BCUT2D eigenvalue weighted by molar-refractivity contribution is 0.199. The van der Waals surface area contributed by atoms with Crippen LogP contribution < -0.4 is 11.1 Å². The molecule has 4 N–H and O–H groups in total. The highest BCUT2D eigenvalue weighted by Crippen LogP contribution is 2.12. The highest BCUT2D eigenvalue weighted by molar-refractivity contribution is 5.86. The van der Waals surface area contributed by atoms with E-state index in [-0.39, 0.29) is 0 Å². The first-order valence-electron chi connectivity index (χ1n) is 3.80. The molecule has 2 amide bonds. The number of pyridine rings is 1. The fourth-order valence-electron chi connectivity index (χ4n) is 0.853. The Morgan fingerprint density at radius 3 is 2.77 bits per heavy atom. The summed E-state index contributed by atoms with van der Waals surface area (Å²) in [5, 5.41) is 11.5. The van der Waals surface area contributed by atoms with Gasteiger partial charge in [0.15, 0.2) is 0 Å². The molecule has 0 fully saturated rings. The molecule has 0 saturated carbocycles. The van der Waals surface area contributed by atoms with E-state index >= 15 is 0 Å². The molecule has 1 aromatic rings. The van der Waals surface area contributed by atoms with E-state index in [1.54, 1.807) is 19.1 Å². The molecule has 1 unspecified atom stereocenters. The summed E-state index contributed by atoms with van der Waals surface area (Å²) < 4.78 is 0. The van der Waals surface area contributed by atoms with Gasteiger partial charge < -0.3 is 10.8 Å². The van der Waals surface area contributed by atoms with Crippen molar-refractivity contribution in [2.24, 2.45) is 5.73 Å². The average molecular weight is 181 g/mol. The van der Waals surface area contributed by atoms with Crippen LogP contribution in [-0.4, -0.2) is 16.1 Å². The molecular formula is C8H11N3O2. The van der Waals surface area contributed by atoms with E-state index in [1.807, 2.05) is 0 Å². The van der Waals surface area contributed by atoms with Gasteiger partial charge >= 0.3 is 6.03 Å². The van der Waals surface area contributed by atoms with Gasteiger partial charge in [-0.3, -0.25) is 5.32 Å². The van der Waals surface area contributed by atoms with Gasteiger partial charge in [0.1, 0.15) is 5.82 Å². The summed E-state index contributed by atoms with van der Waals surface area (Å²) in [6, 6.07) is 2.59. The third-order valence-electron chi connectivity index (χ3n) is 1.52. The second kappa shape index (κ2) is 3.86. The molecule has 1 rings (SSSR count). The van der Waals surface area contributed by atoms with Crippen molar-refractivity contribution >= 4 is 11.8 Å². The number of carbonyl (C=O) groups is 1. The second-order valence-electron chi connectivity index (χ2n) is 2.64. The molecule has 13 heavy (non-hydrogen) atoms. The zero-order chi connectivity index (χ0) is 9.84. The fourth-order valence-corrected chi connectivity index (χ4v) is 0.853. The lowest BCUT2D eigenvalue weighted by Gasteiger charge is -2.04. The minimum absolute atomic E-state index is 0.372. The Labute approximate surface area is 75.6 Å². The minimum atomic E-state index is -0.655. The van der Waals surface area contributed by atoms with E-state index in [9.17, 15) is 4.79 Å². The predicted octanol–water partition coefficient (Wildman–Crippen LogP) is 0.626. The first kappa shape index (κ1) is 9.47. The molecule has 1 aromatic heterocycles. The van der Waals surface area contributed by atoms with Gasteiger partial charge in [-0.2, -0.15) is 0 Å². The number of nitrogens with two attached hydrogens (primary N) is 1. The van der Waals surface area contributed by atoms with Gasteiger partial charge in [-0.25, -0.2) is 9.78 Å². The first-order valence-corrected chi connectivity index (χ1v) is 3.80. The second-order valence-corrected chi connectivity index (χ2v) is 2.64. The summed E-state index contributed by atoms with van der Waals surface area (Å²) in [5.74, 6) is 0.372. The topological polar surface area (TPSA) is 88.2 Å². The lowest BCUT2D eigenvalue weighted by atomic mass is 10.2. The number of nitrogens with one attached hydrogen (secondary N) is 1. The number of carbonyl (C=O) groups excluding carboxylic acids is 1. The summed E-state index contributed by atoms with van der Waals surface area (Å²) in [5.41, 5.74) is 5.57. The quantitative estimate of drug-likeness (QED) is 0.625. The molecule has 5 heteroatoms. The van der Waals surface area contributed by atoms with E-state index in [1.165, 1.54) is 6.20 Å². The van der Waals surface area contributed by atoms with Crippen LogP contribution >= 0.6 is 0 Å². The van der Waals surface area contributed by atoms with Crippen LogP contribution in [0.1, 0.15) is 18.6 Å². The van der Waals surface area contributed by atoms with Crippen molar-refractivity contribution in [1.82, 2.24) is 4.98 Å². The third-order valence-corrected chi connectivity index (χ3v) is 1.52. The standard InChI is InChI=1S/C8H11N3O2/c1-5(12)6-2-3-7(10-4-6)11-8(9)13/h2-5,12H,1H3,(H3,9,10,11,13). The molecule has 0 saturated heterocycles. The number of anilines is 1. The Kier molecular flexibility index (Phi) is 2.81. The average Bonchev–Trinajstić information content (AvgIpc) is 2.04.